The lowest BCUT2D eigenvalue weighted by molar-refractivity contribution is -0.130. The molecule has 0 aromatic carbocycles. The molecule has 4 amide bonds. The molecule has 2 rings (SSSR count). The summed E-state index contributed by atoms with van der Waals surface area (Å²) in [7, 11) is 0. The van der Waals surface area contributed by atoms with E-state index in [2.05, 4.69) is 10.6 Å². The van der Waals surface area contributed by atoms with Crippen LogP contribution in [0.3, 0.4) is 0 Å². The normalized spacial score (nSPS) is 27.9. The van der Waals surface area contributed by atoms with Crippen molar-refractivity contribution in [2.24, 2.45) is 5.92 Å². The first-order valence-corrected chi connectivity index (χ1v) is 7.40. The second kappa shape index (κ2) is 6.01. The van der Waals surface area contributed by atoms with E-state index in [4.69, 9.17) is 0 Å². The molecule has 0 bridgehead atoms. The zero-order valence-electron chi connectivity index (χ0n) is 12.5. The molecule has 1 saturated heterocycles. The number of urea groups is 1. The molecule has 1 aliphatic heterocycles. The molecular weight excluding hydrogens is 274 g/mol. The zero-order valence-corrected chi connectivity index (χ0v) is 12.5. The molecule has 1 aliphatic carbocycles. The molecule has 0 aromatic rings. The molecule has 0 radical (unpaired) electrons. The van der Waals surface area contributed by atoms with Crippen LogP contribution >= 0.6 is 0 Å². The molecule has 2 unspecified atom stereocenters. The van der Waals surface area contributed by atoms with Gasteiger partial charge in [-0.25, -0.2) is 4.79 Å². The number of carbonyl (C=O) groups is 3. The van der Waals surface area contributed by atoms with Gasteiger partial charge in [0.2, 0.25) is 5.91 Å². The molecule has 118 valence electrons. The third-order valence-electron chi connectivity index (χ3n) is 4.19. The van der Waals surface area contributed by atoms with E-state index in [1.807, 2.05) is 0 Å². The van der Waals surface area contributed by atoms with E-state index in [-0.39, 0.29) is 36.8 Å². The number of hydrogen-bond donors (Lipinski definition) is 3. The van der Waals surface area contributed by atoms with Gasteiger partial charge in [-0.3, -0.25) is 14.5 Å². The summed E-state index contributed by atoms with van der Waals surface area (Å²) in [5, 5.41) is 15.0. The summed E-state index contributed by atoms with van der Waals surface area (Å²) in [6.45, 7) is 3.79. The highest BCUT2D eigenvalue weighted by atomic mass is 16.3. The van der Waals surface area contributed by atoms with Crippen molar-refractivity contribution in [3.05, 3.63) is 0 Å². The van der Waals surface area contributed by atoms with Crippen molar-refractivity contribution in [2.75, 3.05) is 13.1 Å². The smallest absolute Gasteiger partial charge is 0.325 e. The first-order chi connectivity index (χ1) is 9.81. The van der Waals surface area contributed by atoms with Crippen molar-refractivity contribution < 1.29 is 19.5 Å². The van der Waals surface area contributed by atoms with Gasteiger partial charge in [0.25, 0.3) is 5.91 Å². The average molecular weight is 297 g/mol. The Morgan fingerprint density at radius 2 is 2.14 bits per heavy atom. The lowest BCUT2D eigenvalue weighted by atomic mass is 10.1. The Morgan fingerprint density at radius 1 is 1.43 bits per heavy atom. The van der Waals surface area contributed by atoms with E-state index >= 15 is 0 Å². The van der Waals surface area contributed by atoms with Crippen molar-refractivity contribution in [3.8, 4) is 0 Å². The van der Waals surface area contributed by atoms with Gasteiger partial charge in [-0.1, -0.05) is 6.42 Å². The molecule has 0 spiro atoms. The number of aliphatic hydroxyl groups excluding tert-OH is 1. The SMILES string of the molecule is CC1(C)NC(=O)N(CCC(=O)NCC2CCCC2O)C1=O. The maximum atomic E-state index is 11.9. The highest BCUT2D eigenvalue weighted by Crippen LogP contribution is 2.24. The Kier molecular flexibility index (Phi) is 4.51. The fraction of sp³-hybridized carbons (Fsp3) is 0.786. The first kappa shape index (κ1) is 15.8. The van der Waals surface area contributed by atoms with E-state index in [9.17, 15) is 19.5 Å². The van der Waals surface area contributed by atoms with Gasteiger partial charge >= 0.3 is 6.03 Å². The Labute approximate surface area is 124 Å². The van der Waals surface area contributed by atoms with E-state index in [0.717, 1.165) is 24.2 Å². The summed E-state index contributed by atoms with van der Waals surface area (Å²) in [4.78, 5) is 36.4. The molecule has 1 heterocycles. The summed E-state index contributed by atoms with van der Waals surface area (Å²) in [5.41, 5.74) is -0.901. The van der Waals surface area contributed by atoms with Crippen molar-refractivity contribution >= 4 is 17.8 Å². The highest BCUT2D eigenvalue weighted by Gasteiger charge is 2.44. The van der Waals surface area contributed by atoms with Crippen molar-refractivity contribution in [1.82, 2.24) is 15.5 Å². The molecule has 1 saturated carbocycles. The van der Waals surface area contributed by atoms with Crippen molar-refractivity contribution in [2.45, 2.75) is 51.2 Å². The van der Waals surface area contributed by atoms with Gasteiger partial charge < -0.3 is 15.7 Å². The van der Waals surface area contributed by atoms with Crippen LogP contribution in [0.25, 0.3) is 0 Å². The number of amides is 4. The minimum absolute atomic E-state index is 0.0765. The van der Waals surface area contributed by atoms with Gasteiger partial charge in [0.05, 0.1) is 6.10 Å². The van der Waals surface area contributed by atoms with Gasteiger partial charge in [0.1, 0.15) is 5.54 Å². The Hall–Kier alpha value is -1.63. The maximum Gasteiger partial charge on any atom is 0.325 e. The molecule has 21 heavy (non-hydrogen) atoms. The number of nitrogens with one attached hydrogen (secondary N) is 2. The van der Waals surface area contributed by atoms with Gasteiger partial charge in [-0.2, -0.15) is 0 Å². The maximum absolute atomic E-state index is 11.9. The van der Waals surface area contributed by atoms with E-state index < -0.39 is 11.6 Å². The predicted molar refractivity (Wildman–Crippen MR) is 75.3 cm³/mol. The first-order valence-electron chi connectivity index (χ1n) is 7.40. The van der Waals surface area contributed by atoms with Crippen LogP contribution in [0.15, 0.2) is 0 Å². The number of imide groups is 1. The Bertz CT molecular complexity index is 450. The molecular formula is C14H23N3O4. The summed E-state index contributed by atoms with van der Waals surface area (Å²) in [5.74, 6) is -0.407. The fourth-order valence-electron chi connectivity index (χ4n) is 2.82. The molecule has 3 N–H and O–H groups in total. The number of rotatable bonds is 5. The number of hydrogen-bond acceptors (Lipinski definition) is 4. The molecule has 2 fully saturated rings. The van der Waals surface area contributed by atoms with Gasteiger partial charge in [-0.05, 0) is 26.7 Å². The summed E-state index contributed by atoms with van der Waals surface area (Å²) in [6, 6.07) is -0.455. The summed E-state index contributed by atoms with van der Waals surface area (Å²) >= 11 is 0. The van der Waals surface area contributed by atoms with Crippen LogP contribution in [0.4, 0.5) is 4.79 Å². The number of carbonyl (C=O) groups excluding carboxylic acids is 3. The molecule has 7 heteroatoms. The summed E-state index contributed by atoms with van der Waals surface area (Å²) < 4.78 is 0. The van der Waals surface area contributed by atoms with Gasteiger partial charge in [-0.15, -0.1) is 0 Å². The molecule has 2 aliphatic rings. The molecule has 2 atom stereocenters. The topological polar surface area (TPSA) is 98.7 Å². The lowest BCUT2D eigenvalue weighted by Crippen LogP contribution is -2.41. The summed E-state index contributed by atoms with van der Waals surface area (Å²) in [6.07, 6.45) is 2.44. The minimum atomic E-state index is -0.901. The largest absolute Gasteiger partial charge is 0.393 e. The van der Waals surface area contributed by atoms with Crippen molar-refractivity contribution in [3.63, 3.8) is 0 Å². The van der Waals surface area contributed by atoms with Crippen LogP contribution in [0.2, 0.25) is 0 Å². The average Bonchev–Trinajstić information content (AvgIpc) is 2.88. The molecule has 0 aromatic heterocycles. The third-order valence-corrected chi connectivity index (χ3v) is 4.19. The van der Waals surface area contributed by atoms with Crippen LogP contribution < -0.4 is 10.6 Å². The van der Waals surface area contributed by atoms with Crippen LogP contribution in [0.5, 0.6) is 0 Å². The Balaban J connectivity index is 1.74. The number of nitrogens with zero attached hydrogens (tertiary/aromatic N) is 1. The third kappa shape index (κ3) is 3.53. The fourth-order valence-corrected chi connectivity index (χ4v) is 2.82. The van der Waals surface area contributed by atoms with Crippen molar-refractivity contribution in [1.29, 1.82) is 0 Å². The van der Waals surface area contributed by atoms with Crippen LogP contribution in [0, 0.1) is 5.92 Å². The Morgan fingerprint density at radius 3 is 2.67 bits per heavy atom. The zero-order chi connectivity index (χ0) is 15.6. The monoisotopic (exact) mass is 297 g/mol. The van der Waals surface area contributed by atoms with E-state index in [0.29, 0.717) is 6.54 Å². The second-order valence-electron chi connectivity index (χ2n) is 6.32. The quantitative estimate of drug-likeness (QED) is 0.621. The second-order valence-corrected chi connectivity index (χ2v) is 6.32. The standard InChI is InChI=1S/C14H23N3O4/c1-14(2)12(20)17(13(21)16-14)7-6-11(19)15-8-9-4-3-5-10(9)18/h9-10,18H,3-8H2,1-2H3,(H,15,19)(H,16,21). The van der Waals surface area contributed by atoms with Gasteiger partial charge in [0, 0.05) is 25.4 Å². The van der Waals surface area contributed by atoms with E-state index in [1.165, 1.54) is 0 Å². The predicted octanol–water partition coefficient (Wildman–Crippen LogP) is -0.0159. The molecule has 7 nitrogen and oxygen atoms in total. The van der Waals surface area contributed by atoms with Crippen LogP contribution in [-0.2, 0) is 9.59 Å². The number of aliphatic hydroxyl groups is 1. The van der Waals surface area contributed by atoms with Gasteiger partial charge in [0.15, 0.2) is 0 Å². The van der Waals surface area contributed by atoms with E-state index in [1.54, 1.807) is 13.8 Å². The lowest BCUT2D eigenvalue weighted by Gasteiger charge is -2.17. The minimum Gasteiger partial charge on any atom is -0.393 e. The van der Waals surface area contributed by atoms with Crippen LogP contribution in [0.1, 0.15) is 39.5 Å². The highest BCUT2D eigenvalue weighted by molar-refractivity contribution is 6.06. The van der Waals surface area contributed by atoms with Crippen LogP contribution in [-0.4, -0.2) is 52.6 Å².